The quantitative estimate of drug-likeness (QED) is 0.727. The summed E-state index contributed by atoms with van der Waals surface area (Å²) in [7, 11) is 1.78. The third-order valence-corrected chi connectivity index (χ3v) is 6.82. The molecule has 0 N–H and O–H groups in total. The summed E-state index contributed by atoms with van der Waals surface area (Å²) >= 11 is 0. The molecule has 0 aromatic carbocycles. The van der Waals surface area contributed by atoms with Crippen LogP contribution in [0.1, 0.15) is 60.6 Å². The Kier molecular flexibility index (Phi) is 5.18. The Hall–Kier alpha value is -2.48. The zero-order valence-corrected chi connectivity index (χ0v) is 17.6. The number of carbonyl (C=O) groups is 1. The Morgan fingerprint density at radius 1 is 1.23 bits per heavy atom. The van der Waals surface area contributed by atoms with Crippen LogP contribution in [0.3, 0.4) is 0 Å². The summed E-state index contributed by atoms with van der Waals surface area (Å²) in [5.41, 5.74) is 1.65. The molecule has 0 radical (unpaired) electrons. The summed E-state index contributed by atoms with van der Waals surface area (Å²) in [4.78, 5) is 19.4. The van der Waals surface area contributed by atoms with E-state index in [4.69, 9.17) is 9.47 Å². The number of amides is 1. The molecule has 2 aliphatic carbocycles. The number of nitrogens with zero attached hydrogens (tertiary/aromatic N) is 5. The molecule has 2 aromatic rings. The molecule has 3 fully saturated rings. The van der Waals surface area contributed by atoms with E-state index in [0.717, 1.165) is 31.6 Å². The highest BCUT2D eigenvalue weighted by Gasteiger charge is 2.45. The molecule has 2 aromatic heterocycles. The largest absolute Gasteiger partial charge is 0.477 e. The molecule has 8 heteroatoms. The van der Waals surface area contributed by atoms with Crippen LogP contribution in [0.15, 0.2) is 24.5 Å². The number of pyridine rings is 1. The van der Waals surface area contributed by atoms with Gasteiger partial charge in [0, 0.05) is 38.5 Å². The molecular formula is C22H29N5O3. The molecule has 5 rings (SSSR count). The zero-order valence-electron chi connectivity index (χ0n) is 17.6. The number of hydrogen-bond donors (Lipinski definition) is 0. The lowest BCUT2D eigenvalue weighted by atomic mass is 9.77. The maximum Gasteiger partial charge on any atom is 0.259 e. The minimum Gasteiger partial charge on any atom is -0.477 e. The van der Waals surface area contributed by atoms with Crippen molar-refractivity contribution in [1.29, 1.82) is 0 Å². The third-order valence-electron chi connectivity index (χ3n) is 6.82. The average Bonchev–Trinajstić information content (AvgIpc) is 3.35. The van der Waals surface area contributed by atoms with Crippen LogP contribution in [-0.4, -0.2) is 63.7 Å². The van der Waals surface area contributed by atoms with E-state index in [-0.39, 0.29) is 18.1 Å². The highest BCUT2D eigenvalue weighted by Crippen LogP contribution is 2.44. The lowest BCUT2D eigenvalue weighted by Gasteiger charge is -2.36. The first-order valence-corrected chi connectivity index (χ1v) is 11.0. The van der Waals surface area contributed by atoms with E-state index < -0.39 is 0 Å². The summed E-state index contributed by atoms with van der Waals surface area (Å²) < 4.78 is 13.4. The number of carbonyl (C=O) groups excluding carboxylic acids is 1. The molecule has 1 amide bonds. The van der Waals surface area contributed by atoms with Crippen LogP contribution in [0.4, 0.5) is 0 Å². The van der Waals surface area contributed by atoms with Crippen LogP contribution >= 0.6 is 0 Å². The fourth-order valence-electron chi connectivity index (χ4n) is 5.08. The number of fused-ring (bicyclic) bond motifs is 1. The van der Waals surface area contributed by atoms with Gasteiger partial charge in [-0.05, 0) is 56.6 Å². The number of hydrogen-bond acceptors (Lipinski definition) is 6. The highest BCUT2D eigenvalue weighted by atomic mass is 16.5. The van der Waals surface area contributed by atoms with Crippen molar-refractivity contribution in [3.8, 4) is 5.88 Å². The molecule has 0 bridgehead atoms. The van der Waals surface area contributed by atoms with Crippen LogP contribution in [0.25, 0.3) is 0 Å². The Morgan fingerprint density at radius 3 is 2.77 bits per heavy atom. The molecule has 1 aliphatic heterocycles. The standard InChI is InChI=1S/C22H29N5O3/c1-3-30-21-17(5-4-8-23-21)22(28)26-11-15-9-19(20(29-2)10-16(15)12-26)27-13-18(24-25-27)14-6-7-14/h4-5,8,13-16,19-20H,3,6-7,9-12H2,1-2H3/t15-,16+,19-,20-/m1/s1. The van der Waals surface area contributed by atoms with Gasteiger partial charge in [0.25, 0.3) is 5.91 Å². The van der Waals surface area contributed by atoms with E-state index in [1.54, 1.807) is 25.4 Å². The molecule has 0 spiro atoms. The first-order valence-electron chi connectivity index (χ1n) is 11.0. The fraction of sp³-hybridized carbons (Fsp3) is 0.636. The van der Waals surface area contributed by atoms with Gasteiger partial charge in [-0.15, -0.1) is 5.10 Å². The second kappa shape index (κ2) is 7.98. The van der Waals surface area contributed by atoms with Crippen molar-refractivity contribution in [2.75, 3.05) is 26.8 Å². The summed E-state index contributed by atoms with van der Waals surface area (Å²) in [6, 6.07) is 3.76. The highest BCUT2D eigenvalue weighted by molar-refractivity contribution is 5.96. The van der Waals surface area contributed by atoms with Gasteiger partial charge in [-0.2, -0.15) is 0 Å². The molecule has 160 valence electrons. The van der Waals surface area contributed by atoms with E-state index in [2.05, 4.69) is 21.5 Å². The second-order valence-corrected chi connectivity index (χ2v) is 8.73. The average molecular weight is 412 g/mol. The van der Waals surface area contributed by atoms with Gasteiger partial charge in [0.1, 0.15) is 5.56 Å². The SMILES string of the molecule is CCOc1ncccc1C(=O)N1C[C@H]2C[C@@H](n3cc(C4CC4)nn3)[C@H](OC)C[C@H]2C1. The Balaban J connectivity index is 1.32. The van der Waals surface area contributed by atoms with Crippen LogP contribution in [-0.2, 0) is 4.74 Å². The summed E-state index contributed by atoms with van der Waals surface area (Å²) in [6.07, 6.45) is 8.18. The van der Waals surface area contributed by atoms with Crippen molar-refractivity contribution in [3.63, 3.8) is 0 Å². The van der Waals surface area contributed by atoms with Gasteiger partial charge in [-0.3, -0.25) is 4.79 Å². The third kappa shape index (κ3) is 3.57. The lowest BCUT2D eigenvalue weighted by Crippen LogP contribution is -2.37. The van der Waals surface area contributed by atoms with Crippen molar-refractivity contribution < 1.29 is 14.3 Å². The number of ether oxygens (including phenoxy) is 2. The van der Waals surface area contributed by atoms with Crippen molar-refractivity contribution in [2.24, 2.45) is 11.8 Å². The molecule has 1 saturated heterocycles. The topological polar surface area (TPSA) is 82.4 Å². The van der Waals surface area contributed by atoms with Gasteiger partial charge >= 0.3 is 0 Å². The maximum absolute atomic E-state index is 13.2. The smallest absolute Gasteiger partial charge is 0.259 e. The number of rotatable bonds is 6. The van der Waals surface area contributed by atoms with Gasteiger partial charge < -0.3 is 14.4 Å². The Bertz CT molecular complexity index is 912. The molecular weight excluding hydrogens is 382 g/mol. The first kappa shape index (κ1) is 19.5. The van der Waals surface area contributed by atoms with Crippen LogP contribution < -0.4 is 4.74 Å². The molecule has 30 heavy (non-hydrogen) atoms. The van der Waals surface area contributed by atoms with Crippen LogP contribution in [0, 0.1) is 11.8 Å². The number of aromatic nitrogens is 4. The molecule has 3 aliphatic rings. The molecule has 4 atom stereocenters. The van der Waals surface area contributed by atoms with Gasteiger partial charge in [-0.1, -0.05) is 5.21 Å². The van der Waals surface area contributed by atoms with Gasteiger partial charge in [0.05, 0.1) is 24.4 Å². The zero-order chi connectivity index (χ0) is 20.7. The Labute approximate surface area is 176 Å². The predicted octanol–water partition coefficient (Wildman–Crippen LogP) is 2.69. The molecule has 2 saturated carbocycles. The normalized spacial score (nSPS) is 28.4. The second-order valence-electron chi connectivity index (χ2n) is 8.73. The van der Waals surface area contributed by atoms with Gasteiger partial charge in [-0.25, -0.2) is 9.67 Å². The van der Waals surface area contributed by atoms with Crippen molar-refractivity contribution in [1.82, 2.24) is 24.9 Å². The van der Waals surface area contributed by atoms with E-state index in [1.165, 1.54) is 12.8 Å². The fourth-order valence-corrected chi connectivity index (χ4v) is 5.08. The molecule has 3 heterocycles. The maximum atomic E-state index is 13.2. The van der Waals surface area contributed by atoms with E-state index in [9.17, 15) is 4.79 Å². The Morgan fingerprint density at radius 2 is 2.03 bits per heavy atom. The minimum absolute atomic E-state index is 0.00300. The first-order chi connectivity index (χ1) is 14.7. The monoisotopic (exact) mass is 411 g/mol. The van der Waals surface area contributed by atoms with Gasteiger partial charge in [0.15, 0.2) is 0 Å². The number of methoxy groups -OCH3 is 1. The number of likely N-dealkylation sites (tertiary alicyclic amines) is 1. The van der Waals surface area contributed by atoms with Crippen molar-refractivity contribution >= 4 is 5.91 Å². The summed E-state index contributed by atoms with van der Waals surface area (Å²) in [5, 5.41) is 8.82. The molecule has 0 unspecified atom stereocenters. The van der Waals surface area contributed by atoms with Crippen LogP contribution in [0.2, 0.25) is 0 Å². The summed E-state index contributed by atoms with van der Waals surface area (Å²) in [5.74, 6) is 1.89. The van der Waals surface area contributed by atoms with Crippen molar-refractivity contribution in [3.05, 3.63) is 35.8 Å². The van der Waals surface area contributed by atoms with Gasteiger partial charge in [0.2, 0.25) is 5.88 Å². The predicted molar refractivity (Wildman–Crippen MR) is 109 cm³/mol. The summed E-state index contributed by atoms with van der Waals surface area (Å²) in [6.45, 7) is 3.89. The van der Waals surface area contributed by atoms with E-state index in [1.807, 2.05) is 16.5 Å². The lowest BCUT2D eigenvalue weighted by molar-refractivity contribution is -0.00546. The van der Waals surface area contributed by atoms with Crippen molar-refractivity contribution in [2.45, 2.75) is 50.7 Å². The van der Waals surface area contributed by atoms with E-state index >= 15 is 0 Å². The molecule has 8 nitrogen and oxygen atoms in total. The minimum atomic E-state index is 0.00300. The van der Waals surface area contributed by atoms with E-state index in [0.29, 0.717) is 35.8 Å². The van der Waals surface area contributed by atoms with Crippen LogP contribution in [0.5, 0.6) is 5.88 Å².